The van der Waals surface area contributed by atoms with Gasteiger partial charge in [0.1, 0.15) is 12.4 Å². The van der Waals surface area contributed by atoms with Gasteiger partial charge in [-0.2, -0.15) is 0 Å². The van der Waals surface area contributed by atoms with E-state index < -0.39 is 0 Å². The number of nitrogens with one attached hydrogen (secondary N) is 1. The lowest BCUT2D eigenvalue weighted by atomic mass is 10.2. The van der Waals surface area contributed by atoms with E-state index in [1.165, 1.54) is 0 Å². The van der Waals surface area contributed by atoms with E-state index in [0.717, 1.165) is 27.3 Å². The summed E-state index contributed by atoms with van der Waals surface area (Å²) < 4.78 is 8.97. The van der Waals surface area contributed by atoms with E-state index in [9.17, 15) is 0 Å². The first kappa shape index (κ1) is 15.6. The number of hydrogen-bond acceptors (Lipinski definition) is 3. The maximum atomic E-state index is 5.99. The van der Waals surface area contributed by atoms with Crippen molar-refractivity contribution in [2.24, 2.45) is 7.05 Å². The zero-order valence-corrected chi connectivity index (χ0v) is 14.5. The molecule has 0 unspecified atom stereocenters. The number of anilines is 1. The Morgan fingerprint density at radius 3 is 2.74 bits per heavy atom. The summed E-state index contributed by atoms with van der Waals surface area (Å²) in [6.07, 6.45) is 3.69. The van der Waals surface area contributed by atoms with Crippen LogP contribution in [0.1, 0.15) is 11.1 Å². The number of ether oxygens (including phenoxy) is 1. The summed E-state index contributed by atoms with van der Waals surface area (Å²) >= 11 is 3.52. The smallest absolute Gasteiger partial charge is 0.202 e. The highest BCUT2D eigenvalue weighted by molar-refractivity contribution is 9.10. The molecular formula is C18H18BrN3O. The molecule has 118 valence electrons. The lowest BCUT2D eigenvalue weighted by Gasteiger charge is -2.13. The fraction of sp³-hybridized carbons (Fsp3) is 0.167. The minimum absolute atomic E-state index is 0.553. The van der Waals surface area contributed by atoms with Gasteiger partial charge in [0, 0.05) is 36.0 Å². The van der Waals surface area contributed by atoms with E-state index in [1.807, 2.05) is 48.1 Å². The van der Waals surface area contributed by atoms with Crippen LogP contribution in [0.4, 0.5) is 5.95 Å². The van der Waals surface area contributed by atoms with E-state index in [-0.39, 0.29) is 0 Å². The van der Waals surface area contributed by atoms with Crippen molar-refractivity contribution in [3.63, 3.8) is 0 Å². The van der Waals surface area contributed by atoms with Crippen LogP contribution < -0.4 is 10.1 Å². The lowest BCUT2D eigenvalue weighted by Crippen LogP contribution is -2.07. The molecule has 1 heterocycles. The van der Waals surface area contributed by atoms with Gasteiger partial charge in [-0.1, -0.05) is 46.3 Å². The first-order valence-electron chi connectivity index (χ1n) is 7.39. The predicted octanol–water partition coefficient (Wildman–Crippen LogP) is 4.37. The summed E-state index contributed by atoms with van der Waals surface area (Å²) in [5, 5.41) is 3.33. The van der Waals surface area contributed by atoms with Gasteiger partial charge in [-0.3, -0.25) is 0 Å². The van der Waals surface area contributed by atoms with Crippen LogP contribution in [0.2, 0.25) is 0 Å². The van der Waals surface area contributed by atoms with Crippen LogP contribution in [0.25, 0.3) is 0 Å². The van der Waals surface area contributed by atoms with Crippen molar-refractivity contribution < 1.29 is 4.74 Å². The van der Waals surface area contributed by atoms with Crippen LogP contribution in [0.5, 0.6) is 5.75 Å². The predicted molar refractivity (Wildman–Crippen MR) is 95.5 cm³/mol. The topological polar surface area (TPSA) is 39.1 Å². The molecular weight excluding hydrogens is 354 g/mol. The highest BCUT2D eigenvalue weighted by Gasteiger charge is 2.07. The molecule has 0 bridgehead atoms. The second kappa shape index (κ2) is 7.33. The van der Waals surface area contributed by atoms with Gasteiger partial charge in [0.2, 0.25) is 5.95 Å². The zero-order valence-electron chi connectivity index (χ0n) is 12.9. The van der Waals surface area contributed by atoms with Crippen LogP contribution in [0, 0.1) is 0 Å². The number of hydrogen-bond donors (Lipinski definition) is 1. The number of benzene rings is 2. The largest absolute Gasteiger partial charge is 0.489 e. The number of nitrogens with zero attached hydrogens (tertiary/aromatic N) is 2. The third-order valence-corrected chi connectivity index (χ3v) is 4.01. The average Bonchev–Trinajstić information content (AvgIpc) is 2.98. The monoisotopic (exact) mass is 371 g/mol. The molecule has 0 aliphatic rings. The summed E-state index contributed by atoms with van der Waals surface area (Å²) in [4.78, 5) is 4.28. The molecule has 0 aliphatic heterocycles. The fourth-order valence-electron chi connectivity index (χ4n) is 2.27. The van der Waals surface area contributed by atoms with Crippen molar-refractivity contribution >= 4 is 21.9 Å². The summed E-state index contributed by atoms with van der Waals surface area (Å²) in [5.74, 6) is 1.71. The third kappa shape index (κ3) is 4.13. The second-order valence-corrected chi connectivity index (χ2v) is 6.16. The fourth-order valence-corrected chi connectivity index (χ4v) is 2.68. The Balaban J connectivity index is 1.71. The minimum atomic E-state index is 0.553. The van der Waals surface area contributed by atoms with Crippen LogP contribution in [-0.2, 0) is 20.2 Å². The van der Waals surface area contributed by atoms with Crippen molar-refractivity contribution in [1.29, 1.82) is 0 Å². The number of aryl methyl sites for hydroxylation is 1. The molecule has 3 rings (SSSR count). The molecule has 1 N–H and O–H groups in total. The third-order valence-electron chi connectivity index (χ3n) is 3.52. The molecule has 0 spiro atoms. The van der Waals surface area contributed by atoms with Crippen LogP contribution in [0.3, 0.4) is 0 Å². The van der Waals surface area contributed by atoms with E-state index in [2.05, 4.69) is 44.4 Å². The van der Waals surface area contributed by atoms with Crippen molar-refractivity contribution in [3.8, 4) is 5.75 Å². The zero-order chi connectivity index (χ0) is 16.1. The molecule has 3 aromatic rings. The van der Waals surface area contributed by atoms with Crippen molar-refractivity contribution in [1.82, 2.24) is 9.55 Å². The Bertz CT molecular complexity index is 771. The average molecular weight is 372 g/mol. The Hall–Kier alpha value is -2.27. The van der Waals surface area contributed by atoms with Gasteiger partial charge in [-0.15, -0.1) is 0 Å². The molecule has 23 heavy (non-hydrogen) atoms. The van der Waals surface area contributed by atoms with Gasteiger partial charge < -0.3 is 14.6 Å². The first-order valence-corrected chi connectivity index (χ1v) is 8.18. The second-order valence-electron chi connectivity index (χ2n) is 5.24. The lowest BCUT2D eigenvalue weighted by molar-refractivity contribution is 0.303. The first-order chi connectivity index (χ1) is 11.2. The standard InChI is InChI=1S/C18H18BrN3O/c1-22-10-9-20-18(22)21-12-15-11-16(19)7-8-17(15)23-13-14-5-3-2-4-6-14/h2-11H,12-13H2,1H3,(H,20,21). The van der Waals surface area contributed by atoms with Gasteiger partial charge in [0.15, 0.2) is 0 Å². The van der Waals surface area contributed by atoms with Crippen LogP contribution in [0.15, 0.2) is 65.4 Å². The Kier molecular flexibility index (Phi) is 4.98. The normalized spacial score (nSPS) is 10.5. The summed E-state index contributed by atoms with van der Waals surface area (Å²) in [5.41, 5.74) is 2.23. The van der Waals surface area contributed by atoms with Crippen LogP contribution >= 0.6 is 15.9 Å². The van der Waals surface area contributed by atoms with E-state index >= 15 is 0 Å². The SMILES string of the molecule is Cn1ccnc1NCc1cc(Br)ccc1OCc1ccccc1. The van der Waals surface area contributed by atoms with Gasteiger partial charge >= 0.3 is 0 Å². The minimum Gasteiger partial charge on any atom is -0.489 e. The molecule has 4 nitrogen and oxygen atoms in total. The Labute approximate surface area is 144 Å². The van der Waals surface area contributed by atoms with E-state index in [4.69, 9.17) is 4.74 Å². The highest BCUT2D eigenvalue weighted by Crippen LogP contribution is 2.25. The Morgan fingerprint density at radius 2 is 2.00 bits per heavy atom. The molecule has 0 saturated heterocycles. The maximum absolute atomic E-state index is 5.99. The highest BCUT2D eigenvalue weighted by atomic mass is 79.9. The quantitative estimate of drug-likeness (QED) is 0.698. The van der Waals surface area contributed by atoms with Crippen molar-refractivity contribution in [2.45, 2.75) is 13.2 Å². The van der Waals surface area contributed by atoms with Gasteiger partial charge in [0.25, 0.3) is 0 Å². The Morgan fingerprint density at radius 1 is 1.17 bits per heavy atom. The van der Waals surface area contributed by atoms with E-state index in [1.54, 1.807) is 6.20 Å². The molecule has 0 saturated carbocycles. The van der Waals surface area contributed by atoms with Gasteiger partial charge in [-0.25, -0.2) is 4.98 Å². The molecule has 1 aromatic heterocycles. The maximum Gasteiger partial charge on any atom is 0.202 e. The summed E-state index contributed by atoms with van der Waals surface area (Å²) in [6, 6.07) is 16.2. The molecule has 0 amide bonds. The van der Waals surface area contributed by atoms with E-state index in [0.29, 0.717) is 13.2 Å². The number of aromatic nitrogens is 2. The number of rotatable bonds is 6. The molecule has 0 atom stereocenters. The summed E-state index contributed by atoms with van der Waals surface area (Å²) in [6.45, 7) is 1.20. The van der Waals surface area contributed by atoms with Gasteiger partial charge in [0.05, 0.1) is 0 Å². The molecule has 2 aromatic carbocycles. The van der Waals surface area contributed by atoms with Gasteiger partial charge in [-0.05, 0) is 23.8 Å². The molecule has 5 heteroatoms. The molecule has 0 aliphatic carbocycles. The molecule has 0 radical (unpaired) electrons. The molecule has 0 fully saturated rings. The number of halogens is 1. The number of imidazole rings is 1. The van der Waals surface area contributed by atoms with Crippen molar-refractivity contribution in [3.05, 3.63) is 76.5 Å². The van der Waals surface area contributed by atoms with Crippen LogP contribution in [-0.4, -0.2) is 9.55 Å². The van der Waals surface area contributed by atoms with Crippen molar-refractivity contribution in [2.75, 3.05) is 5.32 Å². The summed E-state index contributed by atoms with van der Waals surface area (Å²) in [7, 11) is 1.96.